The maximum absolute atomic E-state index is 5.78. The average molecular weight is 260 g/mol. The molecule has 0 aromatic heterocycles. The van der Waals surface area contributed by atoms with Gasteiger partial charge in [-0.2, -0.15) is 0 Å². The van der Waals surface area contributed by atoms with Gasteiger partial charge in [0.1, 0.15) is 11.5 Å². The molecule has 1 heteroatoms. The lowest BCUT2D eigenvalue weighted by atomic mass is 10.0. The Hall–Kier alpha value is -2.54. The third-order valence-electron chi connectivity index (χ3n) is 3.21. The van der Waals surface area contributed by atoms with E-state index in [-0.39, 0.29) is 0 Å². The first kappa shape index (κ1) is 12.5. The van der Waals surface area contributed by atoms with Crippen molar-refractivity contribution in [3.63, 3.8) is 0 Å². The molecule has 0 bridgehead atoms. The van der Waals surface area contributed by atoms with Gasteiger partial charge in [0, 0.05) is 6.42 Å². The molecule has 0 radical (unpaired) electrons. The molecule has 1 nitrogen and oxygen atoms in total. The Morgan fingerprint density at radius 3 is 1.35 bits per heavy atom. The number of benzene rings is 3. The maximum Gasteiger partial charge on any atom is 0.130 e. The Kier molecular flexibility index (Phi) is 3.79. The molecular formula is C19H16O. The molecule has 0 N–H and O–H groups in total. The van der Waals surface area contributed by atoms with E-state index in [9.17, 15) is 0 Å². The van der Waals surface area contributed by atoms with Gasteiger partial charge in [0.2, 0.25) is 0 Å². The second-order valence-electron chi connectivity index (χ2n) is 4.65. The van der Waals surface area contributed by atoms with Crippen LogP contribution in [0.4, 0.5) is 0 Å². The summed E-state index contributed by atoms with van der Waals surface area (Å²) in [4.78, 5) is 0. The zero-order chi connectivity index (χ0) is 13.6. The second kappa shape index (κ2) is 6.07. The van der Waals surface area contributed by atoms with Crippen LogP contribution in [0.1, 0.15) is 11.1 Å². The van der Waals surface area contributed by atoms with Gasteiger partial charge in [-0.25, -0.2) is 0 Å². The van der Waals surface area contributed by atoms with Crippen molar-refractivity contribution in [2.45, 2.75) is 6.42 Å². The monoisotopic (exact) mass is 260 g/mol. The number of ether oxygens (including phenoxy) is 1. The molecule has 4 rings (SSSR count). The Balaban J connectivity index is 0.000000170. The minimum absolute atomic E-state index is 0.979. The Morgan fingerprint density at radius 1 is 0.500 bits per heavy atom. The minimum Gasteiger partial charge on any atom is -0.457 e. The third kappa shape index (κ3) is 2.89. The molecule has 0 amide bonds. The Morgan fingerprint density at radius 2 is 0.900 bits per heavy atom. The standard InChI is InChI=1S/C13H10O.C6H6/c1-3-7-12-10(5-1)9-11-6-2-4-8-13(11)14-12;1-2-4-6-5-3-1/h1-8H,9H2;1-6H. The van der Waals surface area contributed by atoms with Crippen LogP contribution in [0.2, 0.25) is 0 Å². The van der Waals surface area contributed by atoms with Crippen LogP contribution >= 0.6 is 0 Å². The first-order chi connectivity index (χ1) is 9.93. The van der Waals surface area contributed by atoms with E-state index in [0.29, 0.717) is 0 Å². The van der Waals surface area contributed by atoms with Crippen LogP contribution in [-0.2, 0) is 6.42 Å². The molecular weight excluding hydrogens is 244 g/mol. The number of rotatable bonds is 0. The number of hydrogen-bond acceptors (Lipinski definition) is 1. The van der Waals surface area contributed by atoms with Gasteiger partial charge in [-0.3, -0.25) is 0 Å². The molecule has 0 aliphatic carbocycles. The SMILES string of the molecule is c1ccc2c(c1)Cc1ccccc1O2.c1ccccc1. The minimum atomic E-state index is 0.979. The summed E-state index contributed by atoms with van der Waals surface area (Å²) >= 11 is 0. The molecule has 1 aliphatic heterocycles. The van der Waals surface area contributed by atoms with Crippen molar-refractivity contribution in [1.82, 2.24) is 0 Å². The molecule has 0 saturated carbocycles. The summed E-state index contributed by atoms with van der Waals surface area (Å²) in [6.45, 7) is 0. The van der Waals surface area contributed by atoms with Crippen LogP contribution < -0.4 is 4.74 Å². The average Bonchev–Trinajstić information content (AvgIpc) is 2.55. The van der Waals surface area contributed by atoms with Gasteiger partial charge in [-0.1, -0.05) is 72.8 Å². The summed E-state index contributed by atoms with van der Waals surface area (Å²) in [7, 11) is 0. The quantitative estimate of drug-likeness (QED) is 0.429. The van der Waals surface area contributed by atoms with Crippen molar-refractivity contribution in [3.8, 4) is 11.5 Å². The summed E-state index contributed by atoms with van der Waals surface area (Å²) in [5, 5.41) is 0. The first-order valence-corrected chi connectivity index (χ1v) is 6.77. The zero-order valence-corrected chi connectivity index (χ0v) is 11.2. The van der Waals surface area contributed by atoms with Crippen molar-refractivity contribution < 1.29 is 4.74 Å². The van der Waals surface area contributed by atoms with Gasteiger partial charge < -0.3 is 4.74 Å². The zero-order valence-electron chi connectivity index (χ0n) is 11.2. The molecule has 20 heavy (non-hydrogen) atoms. The van der Waals surface area contributed by atoms with Crippen molar-refractivity contribution in [2.75, 3.05) is 0 Å². The van der Waals surface area contributed by atoms with Crippen LogP contribution in [0.5, 0.6) is 11.5 Å². The normalized spacial score (nSPS) is 11.2. The molecule has 1 heterocycles. The largest absolute Gasteiger partial charge is 0.457 e. The van der Waals surface area contributed by atoms with E-state index in [2.05, 4.69) is 24.3 Å². The van der Waals surface area contributed by atoms with E-state index in [1.165, 1.54) is 11.1 Å². The van der Waals surface area contributed by atoms with Gasteiger partial charge in [0.15, 0.2) is 0 Å². The van der Waals surface area contributed by atoms with Gasteiger partial charge in [0.05, 0.1) is 0 Å². The lowest BCUT2D eigenvalue weighted by molar-refractivity contribution is 0.460. The number of fused-ring (bicyclic) bond motifs is 2. The second-order valence-corrected chi connectivity index (χ2v) is 4.65. The lowest BCUT2D eigenvalue weighted by Gasteiger charge is -2.19. The summed E-state index contributed by atoms with van der Waals surface area (Å²) in [5.41, 5.74) is 2.54. The van der Waals surface area contributed by atoms with E-state index < -0.39 is 0 Å². The molecule has 3 aromatic carbocycles. The molecule has 0 saturated heterocycles. The highest BCUT2D eigenvalue weighted by molar-refractivity contribution is 5.49. The van der Waals surface area contributed by atoms with E-state index >= 15 is 0 Å². The summed E-state index contributed by atoms with van der Waals surface area (Å²) < 4.78 is 5.78. The third-order valence-corrected chi connectivity index (χ3v) is 3.21. The fourth-order valence-electron chi connectivity index (χ4n) is 2.21. The number of para-hydroxylation sites is 2. The number of hydrogen-bond donors (Lipinski definition) is 0. The van der Waals surface area contributed by atoms with E-state index in [1.807, 2.05) is 60.7 Å². The molecule has 0 spiro atoms. The van der Waals surface area contributed by atoms with Gasteiger partial charge in [-0.05, 0) is 23.3 Å². The van der Waals surface area contributed by atoms with Gasteiger partial charge in [-0.15, -0.1) is 0 Å². The maximum atomic E-state index is 5.78. The summed E-state index contributed by atoms with van der Waals surface area (Å²) in [5.74, 6) is 1.98. The van der Waals surface area contributed by atoms with Crippen molar-refractivity contribution >= 4 is 0 Å². The molecule has 3 aromatic rings. The molecule has 1 aliphatic rings. The van der Waals surface area contributed by atoms with Crippen LogP contribution in [-0.4, -0.2) is 0 Å². The van der Waals surface area contributed by atoms with Crippen LogP contribution in [0.3, 0.4) is 0 Å². The fourth-order valence-corrected chi connectivity index (χ4v) is 2.21. The molecule has 0 atom stereocenters. The smallest absolute Gasteiger partial charge is 0.130 e. The van der Waals surface area contributed by atoms with Crippen LogP contribution in [0, 0.1) is 0 Å². The van der Waals surface area contributed by atoms with Crippen molar-refractivity contribution in [3.05, 3.63) is 96.1 Å². The predicted octanol–water partition coefficient (Wildman–Crippen LogP) is 5.07. The van der Waals surface area contributed by atoms with Gasteiger partial charge >= 0.3 is 0 Å². The van der Waals surface area contributed by atoms with E-state index in [0.717, 1.165) is 17.9 Å². The van der Waals surface area contributed by atoms with Gasteiger partial charge in [0.25, 0.3) is 0 Å². The highest BCUT2D eigenvalue weighted by atomic mass is 16.5. The first-order valence-electron chi connectivity index (χ1n) is 6.77. The molecule has 0 unspecified atom stereocenters. The van der Waals surface area contributed by atoms with Crippen molar-refractivity contribution in [1.29, 1.82) is 0 Å². The summed E-state index contributed by atoms with van der Waals surface area (Å²) in [6, 6.07) is 28.4. The Bertz CT molecular complexity index is 560. The summed E-state index contributed by atoms with van der Waals surface area (Å²) in [6.07, 6.45) is 0.979. The lowest BCUT2D eigenvalue weighted by Crippen LogP contribution is -2.01. The molecule has 98 valence electrons. The highest BCUT2D eigenvalue weighted by Crippen LogP contribution is 2.35. The molecule has 0 fully saturated rings. The highest BCUT2D eigenvalue weighted by Gasteiger charge is 2.14. The Labute approximate surface area is 119 Å². The van der Waals surface area contributed by atoms with E-state index in [4.69, 9.17) is 4.74 Å². The fraction of sp³-hybridized carbons (Fsp3) is 0.0526. The van der Waals surface area contributed by atoms with Crippen LogP contribution in [0.15, 0.2) is 84.9 Å². The van der Waals surface area contributed by atoms with Crippen molar-refractivity contribution in [2.24, 2.45) is 0 Å². The topological polar surface area (TPSA) is 9.23 Å². The predicted molar refractivity (Wildman–Crippen MR) is 82.2 cm³/mol. The van der Waals surface area contributed by atoms with E-state index in [1.54, 1.807) is 0 Å². The van der Waals surface area contributed by atoms with Crippen LogP contribution in [0.25, 0.3) is 0 Å².